The summed E-state index contributed by atoms with van der Waals surface area (Å²) < 4.78 is 66.3. The second-order valence-corrected chi connectivity index (χ2v) is 7.48. The molecule has 1 fully saturated rings. The van der Waals surface area contributed by atoms with E-state index in [9.17, 15) is 27.1 Å². The SMILES string of the molecule is OCC[C@H]1CN(Cc2ccccc2)CCN1c1ncc(C(F)(F)F)c(C(F)F)c1Cl. The molecule has 2 aromatic rings. The molecule has 1 aliphatic heterocycles. The Balaban J connectivity index is 1.88. The maximum Gasteiger partial charge on any atom is 0.418 e. The third-order valence-electron chi connectivity index (χ3n) is 5.11. The summed E-state index contributed by atoms with van der Waals surface area (Å²) in [7, 11) is 0. The van der Waals surface area contributed by atoms with Crippen molar-refractivity contribution in [1.29, 1.82) is 0 Å². The Kier molecular flexibility index (Phi) is 7.15. The molecular weight excluding hydrogens is 429 g/mol. The minimum atomic E-state index is -4.99. The number of halogens is 6. The molecule has 0 unspecified atom stereocenters. The van der Waals surface area contributed by atoms with E-state index in [-0.39, 0.29) is 18.5 Å². The van der Waals surface area contributed by atoms with Crippen molar-refractivity contribution in [2.24, 2.45) is 0 Å². The molecule has 30 heavy (non-hydrogen) atoms. The van der Waals surface area contributed by atoms with E-state index in [0.29, 0.717) is 38.8 Å². The van der Waals surface area contributed by atoms with Gasteiger partial charge in [0, 0.05) is 45.0 Å². The van der Waals surface area contributed by atoms with Gasteiger partial charge in [-0.05, 0) is 12.0 Å². The minimum Gasteiger partial charge on any atom is -0.396 e. The van der Waals surface area contributed by atoms with Crippen LogP contribution in [0.25, 0.3) is 0 Å². The van der Waals surface area contributed by atoms with Gasteiger partial charge in [0.25, 0.3) is 6.43 Å². The summed E-state index contributed by atoms with van der Waals surface area (Å²) in [5, 5.41) is 8.76. The first-order chi connectivity index (χ1) is 14.2. The van der Waals surface area contributed by atoms with Crippen LogP contribution in [0.4, 0.5) is 27.8 Å². The first kappa shape index (κ1) is 22.7. The molecule has 10 heteroatoms. The van der Waals surface area contributed by atoms with Gasteiger partial charge in [-0.25, -0.2) is 13.8 Å². The van der Waals surface area contributed by atoms with Crippen LogP contribution < -0.4 is 4.90 Å². The Morgan fingerprint density at radius 2 is 1.87 bits per heavy atom. The van der Waals surface area contributed by atoms with Crippen LogP contribution in [0.2, 0.25) is 5.02 Å². The lowest BCUT2D eigenvalue weighted by Crippen LogP contribution is -2.53. The number of alkyl halides is 5. The summed E-state index contributed by atoms with van der Waals surface area (Å²) in [6.45, 7) is 1.85. The van der Waals surface area contributed by atoms with Crippen molar-refractivity contribution in [3.05, 3.63) is 58.2 Å². The zero-order valence-electron chi connectivity index (χ0n) is 15.9. The van der Waals surface area contributed by atoms with E-state index < -0.39 is 28.8 Å². The number of aliphatic hydroxyl groups excluding tert-OH is 1. The predicted octanol–water partition coefficient (Wildman–Crippen LogP) is 4.76. The van der Waals surface area contributed by atoms with E-state index in [1.807, 2.05) is 30.3 Å². The molecule has 1 atom stereocenters. The largest absolute Gasteiger partial charge is 0.418 e. The molecule has 3 rings (SSSR count). The molecule has 0 bridgehead atoms. The molecule has 1 aliphatic rings. The smallest absolute Gasteiger partial charge is 0.396 e. The van der Waals surface area contributed by atoms with Gasteiger partial charge in [0.05, 0.1) is 16.1 Å². The second kappa shape index (κ2) is 9.45. The lowest BCUT2D eigenvalue weighted by Gasteiger charge is -2.42. The fourth-order valence-corrected chi connectivity index (χ4v) is 4.05. The first-order valence-electron chi connectivity index (χ1n) is 9.40. The molecule has 0 spiro atoms. The second-order valence-electron chi connectivity index (χ2n) is 7.10. The summed E-state index contributed by atoms with van der Waals surface area (Å²) in [4.78, 5) is 7.55. The van der Waals surface area contributed by atoms with Crippen molar-refractivity contribution in [3.8, 4) is 0 Å². The van der Waals surface area contributed by atoms with Gasteiger partial charge in [-0.15, -0.1) is 0 Å². The zero-order chi connectivity index (χ0) is 21.9. The predicted molar refractivity (Wildman–Crippen MR) is 104 cm³/mol. The van der Waals surface area contributed by atoms with Gasteiger partial charge in [-0.2, -0.15) is 13.2 Å². The van der Waals surface area contributed by atoms with Crippen molar-refractivity contribution in [3.63, 3.8) is 0 Å². The summed E-state index contributed by atoms with van der Waals surface area (Å²) >= 11 is 6.02. The highest BCUT2D eigenvalue weighted by Gasteiger charge is 2.40. The molecule has 4 nitrogen and oxygen atoms in total. The molecular formula is C20H21ClF5N3O. The lowest BCUT2D eigenvalue weighted by atomic mass is 10.1. The van der Waals surface area contributed by atoms with Crippen molar-refractivity contribution >= 4 is 17.4 Å². The fraction of sp³-hybridized carbons (Fsp3) is 0.450. The molecule has 1 aromatic heterocycles. The quantitative estimate of drug-likeness (QED) is 0.645. The molecule has 1 aromatic carbocycles. The van der Waals surface area contributed by atoms with Crippen molar-refractivity contribution in [2.75, 3.05) is 31.1 Å². The molecule has 164 valence electrons. The average molecular weight is 450 g/mol. The summed E-state index contributed by atoms with van der Waals surface area (Å²) in [5.74, 6) is -0.113. The molecule has 0 amide bonds. The standard InChI is InChI=1S/C20H21ClF5N3O/c21-17-16(18(22)23)15(20(24,25)26)10-27-19(17)29-8-7-28(12-14(29)6-9-30)11-13-4-2-1-3-5-13/h1-5,10,14,18,30H,6-9,11-12H2/t14-/m0/s1. The summed E-state index contributed by atoms with van der Waals surface area (Å²) in [6.07, 6.45) is -7.67. The number of benzene rings is 1. The van der Waals surface area contributed by atoms with Crippen LogP contribution in [0.1, 0.15) is 29.5 Å². The number of aliphatic hydroxyl groups is 1. The number of hydrogen-bond donors (Lipinski definition) is 1. The number of hydrogen-bond acceptors (Lipinski definition) is 4. The number of piperazine rings is 1. The van der Waals surface area contributed by atoms with Gasteiger partial charge in [0.2, 0.25) is 0 Å². The van der Waals surface area contributed by atoms with Gasteiger partial charge in [-0.3, -0.25) is 4.90 Å². The lowest BCUT2D eigenvalue weighted by molar-refractivity contribution is -0.139. The van der Waals surface area contributed by atoms with Crippen molar-refractivity contribution in [1.82, 2.24) is 9.88 Å². The van der Waals surface area contributed by atoms with Crippen LogP contribution in [-0.2, 0) is 12.7 Å². The van der Waals surface area contributed by atoms with Crippen LogP contribution >= 0.6 is 11.6 Å². The van der Waals surface area contributed by atoms with Crippen molar-refractivity contribution < 1.29 is 27.1 Å². The van der Waals surface area contributed by atoms with E-state index in [1.54, 1.807) is 4.90 Å². The normalized spacial score (nSPS) is 18.3. The van der Waals surface area contributed by atoms with Crippen LogP contribution in [0.15, 0.2) is 36.5 Å². The number of rotatable bonds is 6. The molecule has 2 heterocycles. The Morgan fingerprint density at radius 1 is 1.17 bits per heavy atom. The van der Waals surface area contributed by atoms with Crippen LogP contribution in [0, 0.1) is 0 Å². The topological polar surface area (TPSA) is 39.6 Å². The van der Waals surface area contributed by atoms with Crippen LogP contribution in [0.3, 0.4) is 0 Å². The van der Waals surface area contributed by atoms with E-state index in [2.05, 4.69) is 9.88 Å². The van der Waals surface area contributed by atoms with Crippen molar-refractivity contribution in [2.45, 2.75) is 31.6 Å². The minimum absolute atomic E-state index is 0.113. The summed E-state index contributed by atoms with van der Waals surface area (Å²) in [6, 6.07) is 9.39. The van der Waals surface area contributed by atoms with Gasteiger partial charge in [0.15, 0.2) is 0 Å². The Hall–Kier alpha value is -1.97. The molecule has 1 saturated heterocycles. The van der Waals surface area contributed by atoms with E-state index in [1.165, 1.54) is 0 Å². The third-order valence-corrected chi connectivity index (χ3v) is 5.49. The fourth-order valence-electron chi connectivity index (χ4n) is 3.71. The Bertz CT molecular complexity index is 850. The average Bonchev–Trinajstić information content (AvgIpc) is 2.68. The van der Waals surface area contributed by atoms with Crippen LogP contribution in [-0.4, -0.2) is 47.3 Å². The van der Waals surface area contributed by atoms with Crippen LogP contribution in [0.5, 0.6) is 0 Å². The summed E-state index contributed by atoms with van der Waals surface area (Å²) in [5.41, 5.74) is -1.70. The zero-order valence-corrected chi connectivity index (χ0v) is 16.7. The van der Waals surface area contributed by atoms with E-state index in [4.69, 9.17) is 11.6 Å². The van der Waals surface area contributed by atoms with E-state index in [0.717, 1.165) is 5.56 Å². The molecule has 0 radical (unpaired) electrons. The van der Waals surface area contributed by atoms with Gasteiger partial charge in [0.1, 0.15) is 5.82 Å². The maximum atomic E-state index is 13.4. The Morgan fingerprint density at radius 3 is 2.47 bits per heavy atom. The monoisotopic (exact) mass is 449 g/mol. The highest BCUT2D eigenvalue weighted by Crippen LogP contribution is 2.43. The van der Waals surface area contributed by atoms with E-state index >= 15 is 0 Å². The first-order valence-corrected chi connectivity index (χ1v) is 9.77. The highest BCUT2D eigenvalue weighted by atomic mass is 35.5. The third kappa shape index (κ3) is 5.01. The van der Waals surface area contributed by atoms with Gasteiger partial charge < -0.3 is 10.0 Å². The number of pyridine rings is 1. The number of nitrogens with zero attached hydrogens (tertiary/aromatic N) is 3. The molecule has 0 aliphatic carbocycles. The van der Waals surface area contributed by atoms with Gasteiger partial charge >= 0.3 is 6.18 Å². The number of anilines is 1. The number of aromatic nitrogens is 1. The maximum absolute atomic E-state index is 13.4. The molecule has 1 N–H and O–H groups in total. The Labute approximate surface area is 175 Å². The molecule has 0 saturated carbocycles. The van der Waals surface area contributed by atoms with Gasteiger partial charge in [-0.1, -0.05) is 41.9 Å². The highest BCUT2D eigenvalue weighted by molar-refractivity contribution is 6.33.